The van der Waals surface area contributed by atoms with E-state index >= 15 is 0 Å². The number of hydrogen-bond acceptors (Lipinski definition) is 3. The average Bonchev–Trinajstić information content (AvgIpc) is 2.64. The number of ether oxygens (including phenoxy) is 1. The number of fused-ring (bicyclic) bond motifs is 4. The van der Waals surface area contributed by atoms with Gasteiger partial charge in [0.1, 0.15) is 25.4 Å². The van der Waals surface area contributed by atoms with Gasteiger partial charge in [-0.25, -0.2) is 9.78 Å². The van der Waals surface area contributed by atoms with Gasteiger partial charge < -0.3 is 4.74 Å². The molecule has 58 valence electrons. The minimum Gasteiger partial charge on any atom is -0.358 e. The lowest BCUT2D eigenvalue weighted by Crippen LogP contribution is -2.19. The molecule has 11 heavy (non-hydrogen) atoms. The highest BCUT2D eigenvalue weighted by molar-refractivity contribution is 5.40. The molecule has 2 unspecified atom stereocenters. The molecule has 0 fully saturated rings. The summed E-state index contributed by atoms with van der Waals surface area (Å²) in [7, 11) is 0. The largest absolute Gasteiger partial charge is 0.358 e. The Morgan fingerprint density at radius 3 is 2.09 bits per heavy atom. The van der Waals surface area contributed by atoms with Crippen LogP contribution in [0.3, 0.4) is 0 Å². The summed E-state index contributed by atoms with van der Waals surface area (Å²) in [6.45, 7) is 1.14. The van der Waals surface area contributed by atoms with Crippen molar-refractivity contribution in [2.75, 3.05) is 13.2 Å². The second-order valence-corrected chi connectivity index (χ2v) is 2.94. The quantitative estimate of drug-likeness (QED) is 0.375. The maximum atomic E-state index is 5.57. The van der Waals surface area contributed by atoms with Gasteiger partial charge in [0.25, 0.3) is 0 Å². The summed E-state index contributed by atoms with van der Waals surface area (Å²) in [4.78, 5) is 9.73. The molecule has 0 aromatic carbocycles. The normalized spacial score (nSPS) is 40.0. The number of hydrogen-bond donors (Lipinski definition) is 0. The number of rotatable bonds is 0. The molecule has 2 atom stereocenters. The summed E-state index contributed by atoms with van der Waals surface area (Å²) in [5, 5.41) is 0. The molecule has 0 aliphatic carbocycles. The Bertz CT molecular complexity index is 230. The molecule has 0 N–H and O–H groups in total. The molecule has 0 amide bonds. The van der Waals surface area contributed by atoms with Gasteiger partial charge in [-0.05, 0) is 11.1 Å². The molecule has 3 aliphatic heterocycles. The summed E-state index contributed by atoms with van der Waals surface area (Å²) in [5.74, 6) is 0. The molecule has 0 radical (unpaired) electrons. The zero-order chi connectivity index (χ0) is 7.26. The van der Waals surface area contributed by atoms with Crippen molar-refractivity contribution in [2.24, 2.45) is 0 Å². The fourth-order valence-electron chi connectivity index (χ4n) is 1.77. The van der Waals surface area contributed by atoms with Crippen molar-refractivity contribution >= 4 is 0 Å². The first-order chi connectivity index (χ1) is 5.45. The first kappa shape index (κ1) is 5.94. The van der Waals surface area contributed by atoms with Crippen LogP contribution in [0.4, 0.5) is 0 Å². The van der Waals surface area contributed by atoms with E-state index in [9.17, 15) is 0 Å². The van der Waals surface area contributed by atoms with Crippen molar-refractivity contribution in [3.63, 3.8) is 0 Å². The molecule has 0 spiro atoms. The highest BCUT2D eigenvalue weighted by Crippen LogP contribution is 2.36. The predicted molar refractivity (Wildman–Crippen MR) is 36.7 cm³/mol. The van der Waals surface area contributed by atoms with Crippen LogP contribution in [0.1, 0.15) is 0 Å². The highest BCUT2D eigenvalue weighted by Gasteiger charge is 2.37. The van der Waals surface area contributed by atoms with Crippen LogP contribution in [-0.4, -0.2) is 25.4 Å². The van der Waals surface area contributed by atoms with Crippen LogP contribution < -0.4 is 0 Å². The summed E-state index contributed by atoms with van der Waals surface area (Å²) in [6, 6.07) is 0. The van der Waals surface area contributed by atoms with E-state index in [4.69, 9.17) is 14.5 Å². The van der Waals surface area contributed by atoms with Gasteiger partial charge in [-0.1, -0.05) is 12.2 Å². The Kier molecular flexibility index (Phi) is 1.05. The molecule has 3 heterocycles. The van der Waals surface area contributed by atoms with Crippen LogP contribution in [0.5, 0.6) is 0 Å². The second-order valence-electron chi connectivity index (χ2n) is 2.94. The summed E-state index contributed by atoms with van der Waals surface area (Å²) in [6.07, 6.45) is 4.52. The predicted octanol–water partition coefficient (Wildman–Crippen LogP) is 0.582. The van der Waals surface area contributed by atoms with Crippen molar-refractivity contribution in [3.05, 3.63) is 23.3 Å². The third-order valence-electron chi connectivity index (χ3n) is 2.37. The smallest absolute Gasteiger partial charge is 0.107 e. The van der Waals surface area contributed by atoms with E-state index in [2.05, 4.69) is 12.2 Å². The fourth-order valence-corrected chi connectivity index (χ4v) is 1.77. The van der Waals surface area contributed by atoms with Crippen molar-refractivity contribution < 1.29 is 14.5 Å². The monoisotopic (exact) mass is 152 g/mol. The van der Waals surface area contributed by atoms with Crippen LogP contribution in [0, 0.1) is 0 Å². The minimum atomic E-state index is 0.180. The van der Waals surface area contributed by atoms with Gasteiger partial charge in [-0.15, -0.1) is 0 Å². The van der Waals surface area contributed by atoms with Crippen LogP contribution in [0.2, 0.25) is 0 Å². The van der Waals surface area contributed by atoms with E-state index in [1.807, 2.05) is 0 Å². The molecule has 0 saturated heterocycles. The van der Waals surface area contributed by atoms with E-state index in [0.717, 1.165) is 0 Å². The fraction of sp³-hybridized carbons (Fsp3) is 0.500. The zero-order valence-electron chi connectivity index (χ0n) is 5.95. The maximum absolute atomic E-state index is 5.57. The van der Waals surface area contributed by atoms with Crippen molar-refractivity contribution in [2.45, 2.75) is 12.2 Å². The topological polar surface area (TPSA) is 27.7 Å². The van der Waals surface area contributed by atoms with E-state index in [0.29, 0.717) is 13.2 Å². The van der Waals surface area contributed by atoms with Crippen LogP contribution in [0.15, 0.2) is 23.3 Å². The molecular formula is C8H8O3. The first-order valence-corrected chi connectivity index (χ1v) is 3.75. The van der Waals surface area contributed by atoms with Gasteiger partial charge in [-0.3, -0.25) is 0 Å². The minimum absolute atomic E-state index is 0.180. The van der Waals surface area contributed by atoms with E-state index in [-0.39, 0.29) is 12.2 Å². The molecule has 0 aromatic heterocycles. The van der Waals surface area contributed by atoms with E-state index in [1.54, 1.807) is 0 Å². The summed E-state index contributed by atoms with van der Waals surface area (Å²) < 4.78 is 5.57. The first-order valence-electron chi connectivity index (χ1n) is 3.75. The molecule has 0 saturated carbocycles. The second kappa shape index (κ2) is 1.94. The molecule has 3 aliphatic rings. The summed E-state index contributed by atoms with van der Waals surface area (Å²) >= 11 is 0. The molecular weight excluding hydrogens is 144 g/mol. The van der Waals surface area contributed by atoms with Crippen molar-refractivity contribution in [1.29, 1.82) is 0 Å². The van der Waals surface area contributed by atoms with E-state index in [1.165, 1.54) is 11.1 Å². The maximum Gasteiger partial charge on any atom is 0.107 e. The molecule has 0 aromatic rings. The Balaban J connectivity index is 2.03. The highest BCUT2D eigenvalue weighted by atomic mass is 17.2. The van der Waals surface area contributed by atoms with Crippen molar-refractivity contribution in [1.82, 2.24) is 0 Å². The van der Waals surface area contributed by atoms with Crippen LogP contribution in [-0.2, 0) is 14.5 Å². The van der Waals surface area contributed by atoms with Crippen LogP contribution in [0.25, 0.3) is 0 Å². The van der Waals surface area contributed by atoms with Gasteiger partial charge in [-0.2, -0.15) is 0 Å². The SMILES string of the molecule is C1=CC2OC1C1=C2COOC1. The third-order valence-corrected chi connectivity index (χ3v) is 2.37. The Hall–Kier alpha value is -0.640. The Labute approximate surface area is 64.2 Å². The lowest BCUT2D eigenvalue weighted by Gasteiger charge is -2.17. The lowest BCUT2D eigenvalue weighted by atomic mass is 9.98. The summed E-state index contributed by atoms with van der Waals surface area (Å²) in [5.41, 5.74) is 2.53. The molecule has 3 nitrogen and oxygen atoms in total. The van der Waals surface area contributed by atoms with E-state index < -0.39 is 0 Å². The lowest BCUT2D eigenvalue weighted by molar-refractivity contribution is -0.288. The third kappa shape index (κ3) is 0.677. The Morgan fingerprint density at radius 1 is 1.00 bits per heavy atom. The van der Waals surface area contributed by atoms with Gasteiger partial charge in [0.05, 0.1) is 0 Å². The molecule has 3 heteroatoms. The van der Waals surface area contributed by atoms with Gasteiger partial charge in [0.2, 0.25) is 0 Å². The van der Waals surface area contributed by atoms with Crippen molar-refractivity contribution in [3.8, 4) is 0 Å². The van der Waals surface area contributed by atoms with Gasteiger partial charge in [0.15, 0.2) is 0 Å². The van der Waals surface area contributed by atoms with Gasteiger partial charge >= 0.3 is 0 Å². The average molecular weight is 152 g/mol. The zero-order valence-corrected chi connectivity index (χ0v) is 5.95. The Morgan fingerprint density at radius 2 is 1.55 bits per heavy atom. The molecule has 2 bridgehead atoms. The van der Waals surface area contributed by atoms with Gasteiger partial charge in [0, 0.05) is 0 Å². The standard InChI is InChI=1S/C8H8O3/c1-2-8-6-4-10-9-3-5(6)7(1)11-8/h1-2,7-8H,3-4H2. The van der Waals surface area contributed by atoms with Crippen LogP contribution >= 0.6 is 0 Å². The molecule has 3 rings (SSSR count).